The molecule has 110 valence electrons. The van der Waals surface area contributed by atoms with E-state index in [0.717, 1.165) is 18.4 Å². The summed E-state index contributed by atoms with van der Waals surface area (Å²) in [5, 5.41) is 0.158. The van der Waals surface area contributed by atoms with Gasteiger partial charge in [0.25, 0.3) is 0 Å². The Morgan fingerprint density at radius 1 is 1.35 bits per heavy atom. The summed E-state index contributed by atoms with van der Waals surface area (Å²) in [5.74, 6) is -0.200. The molecule has 1 aromatic carbocycles. The second kappa shape index (κ2) is 6.11. The Morgan fingerprint density at radius 2 is 2.00 bits per heavy atom. The van der Waals surface area contributed by atoms with Crippen molar-refractivity contribution >= 4 is 27.5 Å². The largest absolute Gasteiger partial charge is 0.342 e. The molecule has 1 aliphatic heterocycles. The average molecular weight is 317 g/mol. The molecule has 0 bridgehead atoms. The third-order valence-electron chi connectivity index (χ3n) is 3.25. The zero-order valence-corrected chi connectivity index (χ0v) is 12.8. The van der Waals surface area contributed by atoms with Crippen LogP contribution in [0.5, 0.6) is 0 Å². The topological polar surface area (TPSA) is 66.5 Å². The molecule has 0 radical (unpaired) electrons. The van der Waals surface area contributed by atoms with Gasteiger partial charge in [-0.3, -0.25) is 4.79 Å². The zero-order chi connectivity index (χ0) is 14.8. The Hall–Kier alpha value is -1.11. The molecule has 1 aliphatic rings. The number of carbonyl (C=O) groups excluding carboxylic acids is 1. The predicted molar refractivity (Wildman–Crippen MR) is 77.2 cm³/mol. The first-order valence-corrected chi connectivity index (χ1v) is 8.30. The van der Waals surface area contributed by atoms with Gasteiger partial charge < -0.3 is 4.90 Å². The molecule has 1 N–H and O–H groups in total. The number of carbonyl (C=O) groups is 1. The van der Waals surface area contributed by atoms with E-state index in [4.69, 9.17) is 11.6 Å². The van der Waals surface area contributed by atoms with Crippen LogP contribution in [0.4, 0.5) is 0 Å². The molecule has 1 saturated heterocycles. The minimum absolute atomic E-state index is 0.000936. The van der Waals surface area contributed by atoms with Crippen molar-refractivity contribution in [3.05, 3.63) is 28.8 Å². The van der Waals surface area contributed by atoms with Crippen LogP contribution in [0.25, 0.3) is 0 Å². The maximum Gasteiger partial charge on any atom is 0.242 e. The van der Waals surface area contributed by atoms with Crippen LogP contribution in [0.15, 0.2) is 23.1 Å². The Balaban J connectivity index is 2.05. The summed E-state index contributed by atoms with van der Waals surface area (Å²) in [7, 11) is -3.76. The lowest BCUT2D eigenvalue weighted by Gasteiger charge is -2.15. The SMILES string of the molecule is Cc1ccc(S(=O)(=O)NCC(=O)N2CCCC2)c(Cl)c1. The second-order valence-electron chi connectivity index (χ2n) is 4.85. The van der Waals surface area contributed by atoms with E-state index in [9.17, 15) is 13.2 Å². The van der Waals surface area contributed by atoms with E-state index in [1.165, 1.54) is 6.07 Å². The van der Waals surface area contributed by atoms with Crippen molar-refractivity contribution in [2.75, 3.05) is 19.6 Å². The monoisotopic (exact) mass is 316 g/mol. The highest BCUT2D eigenvalue weighted by atomic mass is 35.5. The van der Waals surface area contributed by atoms with Gasteiger partial charge in [-0.15, -0.1) is 0 Å². The lowest BCUT2D eigenvalue weighted by molar-refractivity contribution is -0.128. The molecule has 1 heterocycles. The summed E-state index contributed by atoms with van der Waals surface area (Å²) in [4.78, 5) is 13.5. The number of sulfonamides is 1. The van der Waals surface area contributed by atoms with Crippen molar-refractivity contribution in [2.24, 2.45) is 0 Å². The van der Waals surface area contributed by atoms with E-state index < -0.39 is 10.0 Å². The van der Waals surface area contributed by atoms with Gasteiger partial charge in [0.1, 0.15) is 4.90 Å². The molecule has 7 heteroatoms. The highest BCUT2D eigenvalue weighted by molar-refractivity contribution is 7.89. The molecule has 0 atom stereocenters. The Labute approximate surface area is 124 Å². The number of likely N-dealkylation sites (tertiary alicyclic amines) is 1. The van der Waals surface area contributed by atoms with Gasteiger partial charge in [-0.25, -0.2) is 13.1 Å². The van der Waals surface area contributed by atoms with Crippen LogP contribution in [0.3, 0.4) is 0 Å². The number of hydrogen-bond donors (Lipinski definition) is 1. The molecule has 2 rings (SSSR count). The standard InChI is InChI=1S/C13H17ClN2O3S/c1-10-4-5-12(11(14)8-10)20(18,19)15-9-13(17)16-6-2-3-7-16/h4-5,8,15H,2-3,6-7,9H2,1H3. The number of aryl methyl sites for hydroxylation is 1. The van der Waals surface area contributed by atoms with Crippen LogP contribution in [0, 0.1) is 6.92 Å². The maximum atomic E-state index is 12.1. The molecule has 0 saturated carbocycles. The average Bonchev–Trinajstić information content (AvgIpc) is 2.89. The molecule has 1 amide bonds. The number of benzene rings is 1. The lowest BCUT2D eigenvalue weighted by Crippen LogP contribution is -2.38. The van der Waals surface area contributed by atoms with Crippen molar-refractivity contribution in [1.82, 2.24) is 9.62 Å². The molecule has 1 aromatic rings. The van der Waals surface area contributed by atoms with Crippen molar-refractivity contribution in [1.29, 1.82) is 0 Å². The Bertz CT molecular complexity index is 610. The van der Waals surface area contributed by atoms with E-state index in [1.54, 1.807) is 17.0 Å². The normalized spacial score (nSPS) is 15.6. The molecular formula is C13H17ClN2O3S. The van der Waals surface area contributed by atoms with Gasteiger partial charge in [0, 0.05) is 13.1 Å². The fourth-order valence-electron chi connectivity index (χ4n) is 2.14. The number of hydrogen-bond acceptors (Lipinski definition) is 3. The molecule has 0 aliphatic carbocycles. The summed E-state index contributed by atoms with van der Waals surface area (Å²) in [5.41, 5.74) is 0.877. The molecular weight excluding hydrogens is 300 g/mol. The summed E-state index contributed by atoms with van der Waals surface area (Å²) in [6.07, 6.45) is 1.95. The number of rotatable bonds is 4. The highest BCUT2D eigenvalue weighted by Crippen LogP contribution is 2.22. The van der Waals surface area contributed by atoms with Crippen LogP contribution >= 0.6 is 11.6 Å². The Kier molecular flexibility index (Phi) is 4.67. The first kappa shape index (κ1) is 15.3. The minimum atomic E-state index is -3.76. The van der Waals surface area contributed by atoms with E-state index >= 15 is 0 Å². The molecule has 0 aromatic heterocycles. The fraction of sp³-hybridized carbons (Fsp3) is 0.462. The van der Waals surface area contributed by atoms with Crippen molar-refractivity contribution in [3.63, 3.8) is 0 Å². The number of nitrogens with one attached hydrogen (secondary N) is 1. The number of amides is 1. The molecule has 5 nitrogen and oxygen atoms in total. The second-order valence-corrected chi connectivity index (χ2v) is 6.99. The van der Waals surface area contributed by atoms with E-state index in [2.05, 4.69) is 4.72 Å². The molecule has 0 spiro atoms. The van der Waals surface area contributed by atoms with Gasteiger partial charge in [-0.2, -0.15) is 0 Å². The first-order chi connectivity index (χ1) is 9.40. The van der Waals surface area contributed by atoms with Crippen LogP contribution in [0.2, 0.25) is 5.02 Å². The summed E-state index contributed by atoms with van der Waals surface area (Å²) >= 11 is 5.94. The smallest absolute Gasteiger partial charge is 0.242 e. The van der Waals surface area contributed by atoms with E-state index in [0.29, 0.717) is 13.1 Å². The fourth-order valence-corrected chi connectivity index (χ4v) is 3.71. The van der Waals surface area contributed by atoms with Crippen LogP contribution < -0.4 is 4.72 Å². The van der Waals surface area contributed by atoms with Crippen molar-refractivity contribution in [2.45, 2.75) is 24.7 Å². The van der Waals surface area contributed by atoms with Crippen molar-refractivity contribution < 1.29 is 13.2 Å². The van der Waals surface area contributed by atoms with Gasteiger partial charge in [0.15, 0.2) is 0 Å². The summed E-state index contributed by atoms with van der Waals surface area (Å²) in [6, 6.07) is 4.70. The van der Waals surface area contributed by atoms with Gasteiger partial charge in [0.2, 0.25) is 15.9 Å². The van der Waals surface area contributed by atoms with Crippen molar-refractivity contribution in [3.8, 4) is 0 Å². The predicted octanol–water partition coefficient (Wildman–Crippen LogP) is 1.55. The quantitative estimate of drug-likeness (QED) is 0.916. The zero-order valence-electron chi connectivity index (χ0n) is 11.2. The summed E-state index contributed by atoms with van der Waals surface area (Å²) in [6.45, 7) is 3.00. The summed E-state index contributed by atoms with van der Waals surface area (Å²) < 4.78 is 26.5. The Morgan fingerprint density at radius 3 is 2.60 bits per heavy atom. The van der Waals surface area contributed by atoms with Gasteiger partial charge in [-0.1, -0.05) is 17.7 Å². The molecule has 0 unspecified atom stereocenters. The van der Waals surface area contributed by atoms with Crippen LogP contribution in [-0.4, -0.2) is 38.9 Å². The third-order valence-corrected chi connectivity index (χ3v) is 5.13. The lowest BCUT2D eigenvalue weighted by atomic mass is 10.2. The van der Waals surface area contributed by atoms with Gasteiger partial charge in [0.05, 0.1) is 11.6 Å². The molecule has 1 fully saturated rings. The number of nitrogens with zero attached hydrogens (tertiary/aromatic N) is 1. The van der Waals surface area contributed by atoms with E-state index in [-0.39, 0.29) is 22.4 Å². The minimum Gasteiger partial charge on any atom is -0.342 e. The van der Waals surface area contributed by atoms with Gasteiger partial charge >= 0.3 is 0 Å². The van der Waals surface area contributed by atoms with E-state index in [1.807, 2.05) is 6.92 Å². The molecule has 20 heavy (non-hydrogen) atoms. The maximum absolute atomic E-state index is 12.1. The van der Waals surface area contributed by atoms with Crippen LogP contribution in [0.1, 0.15) is 18.4 Å². The van der Waals surface area contributed by atoms with Gasteiger partial charge in [-0.05, 0) is 37.5 Å². The van der Waals surface area contributed by atoms with Crippen LogP contribution in [-0.2, 0) is 14.8 Å². The highest BCUT2D eigenvalue weighted by Gasteiger charge is 2.22. The third kappa shape index (κ3) is 3.50. The number of halogens is 1. The first-order valence-electron chi connectivity index (χ1n) is 6.44.